The molecule has 11 rings (SSSR count). The highest BCUT2D eigenvalue weighted by Crippen LogP contribution is 2.60. The number of fused-ring (bicyclic) bond motifs is 5. The molecule has 0 aliphatic heterocycles. The van der Waals surface area contributed by atoms with Gasteiger partial charge in [-0.05, 0) is 84.6 Å². The van der Waals surface area contributed by atoms with Gasteiger partial charge in [0.15, 0.2) is 5.82 Å². The normalized spacial score (nSPS) is 12.5. The first-order valence-corrected chi connectivity index (χ1v) is 20.2. The van der Waals surface area contributed by atoms with E-state index in [2.05, 4.69) is 218 Å². The van der Waals surface area contributed by atoms with Gasteiger partial charge in [0.2, 0.25) is 0 Å². The van der Waals surface area contributed by atoms with Crippen LogP contribution in [0.4, 0.5) is 0 Å². The lowest BCUT2D eigenvalue weighted by atomic mass is 9.66. The monoisotopic (exact) mass is 750 g/mol. The van der Waals surface area contributed by atoms with Gasteiger partial charge in [-0.3, -0.25) is 0 Å². The lowest BCUT2D eigenvalue weighted by Gasteiger charge is -2.35. The first kappa shape index (κ1) is 34.6. The Hall–Kier alpha value is -7.68. The molecular weight excluding hydrogens is 713 g/mol. The molecule has 0 saturated carbocycles. The van der Waals surface area contributed by atoms with E-state index in [9.17, 15) is 0 Å². The van der Waals surface area contributed by atoms with Gasteiger partial charge >= 0.3 is 0 Å². The highest BCUT2D eigenvalue weighted by molar-refractivity contribution is 6.06. The molecule has 9 aromatic carbocycles. The fourth-order valence-electron chi connectivity index (χ4n) is 9.32. The topological polar surface area (TPSA) is 25.8 Å². The highest BCUT2D eigenvalue weighted by atomic mass is 14.9. The minimum absolute atomic E-state index is 0.495. The molecule has 0 spiro atoms. The number of benzene rings is 9. The summed E-state index contributed by atoms with van der Waals surface area (Å²) in [6, 6.07) is 83.0. The summed E-state index contributed by atoms with van der Waals surface area (Å²) >= 11 is 0. The zero-order valence-corrected chi connectivity index (χ0v) is 32.3. The maximum Gasteiger partial charge on any atom is 0.160 e. The molecular formula is C57H38N2. The number of hydrogen-bond donors (Lipinski definition) is 0. The Labute approximate surface area is 344 Å². The van der Waals surface area contributed by atoms with E-state index in [0.29, 0.717) is 5.82 Å². The average molecular weight is 751 g/mol. The molecule has 0 fully saturated rings. The maximum atomic E-state index is 5.11. The second-order valence-corrected chi connectivity index (χ2v) is 15.3. The van der Waals surface area contributed by atoms with E-state index in [1.54, 1.807) is 0 Å². The molecule has 1 aliphatic rings. The Morgan fingerprint density at radius 1 is 0.322 bits per heavy atom. The molecule has 2 nitrogen and oxygen atoms in total. The number of hydrogen-bond acceptors (Lipinski definition) is 2. The molecule has 0 N–H and O–H groups in total. The second-order valence-electron chi connectivity index (χ2n) is 15.3. The van der Waals surface area contributed by atoms with Crippen LogP contribution in [-0.2, 0) is 5.41 Å². The third kappa shape index (κ3) is 5.80. The molecule has 0 bridgehead atoms. The van der Waals surface area contributed by atoms with Crippen molar-refractivity contribution >= 4 is 10.8 Å². The van der Waals surface area contributed by atoms with Gasteiger partial charge in [0.25, 0.3) is 0 Å². The SMILES string of the molecule is c1ccc(-c2cc(-c3ccccc3)nc(-c3cccc(-c4ccc(-c5cc6ccccc6c6c5-c5ccccc5C6(c5ccccc5)c5ccccc5)cc4)c3)n2)cc1. The summed E-state index contributed by atoms with van der Waals surface area (Å²) in [5, 5.41) is 2.51. The zero-order valence-electron chi connectivity index (χ0n) is 32.3. The molecule has 1 heterocycles. The van der Waals surface area contributed by atoms with Crippen LogP contribution in [0.25, 0.3) is 78.1 Å². The van der Waals surface area contributed by atoms with Crippen molar-refractivity contribution < 1.29 is 0 Å². The van der Waals surface area contributed by atoms with Crippen molar-refractivity contribution in [1.29, 1.82) is 0 Å². The third-order valence-corrected chi connectivity index (χ3v) is 12.0. The Balaban J connectivity index is 1.06. The van der Waals surface area contributed by atoms with Crippen molar-refractivity contribution in [1.82, 2.24) is 9.97 Å². The lowest BCUT2D eigenvalue weighted by Crippen LogP contribution is -2.28. The van der Waals surface area contributed by atoms with Gasteiger partial charge in [-0.25, -0.2) is 9.97 Å². The number of nitrogens with zero attached hydrogens (tertiary/aromatic N) is 2. The Morgan fingerprint density at radius 3 is 1.47 bits per heavy atom. The fourth-order valence-corrected chi connectivity index (χ4v) is 9.32. The summed E-state index contributed by atoms with van der Waals surface area (Å²) in [6.07, 6.45) is 0. The molecule has 276 valence electrons. The van der Waals surface area contributed by atoms with Gasteiger partial charge in [-0.1, -0.05) is 212 Å². The molecule has 0 amide bonds. The van der Waals surface area contributed by atoms with Gasteiger partial charge in [0.05, 0.1) is 16.8 Å². The Morgan fingerprint density at radius 2 is 0.831 bits per heavy atom. The van der Waals surface area contributed by atoms with Crippen LogP contribution in [-0.4, -0.2) is 9.97 Å². The van der Waals surface area contributed by atoms with Crippen LogP contribution in [0.15, 0.2) is 231 Å². The van der Waals surface area contributed by atoms with E-state index in [4.69, 9.17) is 9.97 Å². The van der Waals surface area contributed by atoms with Crippen molar-refractivity contribution in [3.05, 3.63) is 253 Å². The van der Waals surface area contributed by atoms with E-state index in [-0.39, 0.29) is 0 Å². The molecule has 0 unspecified atom stereocenters. The minimum Gasteiger partial charge on any atom is -0.228 e. The van der Waals surface area contributed by atoms with Gasteiger partial charge in [0.1, 0.15) is 0 Å². The van der Waals surface area contributed by atoms with E-state index in [0.717, 1.165) is 39.2 Å². The van der Waals surface area contributed by atoms with Crippen LogP contribution in [0.3, 0.4) is 0 Å². The predicted molar refractivity (Wildman–Crippen MR) is 244 cm³/mol. The lowest BCUT2D eigenvalue weighted by molar-refractivity contribution is 0.775. The summed E-state index contributed by atoms with van der Waals surface area (Å²) in [7, 11) is 0. The minimum atomic E-state index is -0.495. The molecule has 59 heavy (non-hydrogen) atoms. The van der Waals surface area contributed by atoms with E-state index in [1.807, 2.05) is 12.1 Å². The van der Waals surface area contributed by atoms with E-state index < -0.39 is 5.41 Å². The zero-order chi connectivity index (χ0) is 39.2. The highest BCUT2D eigenvalue weighted by Gasteiger charge is 2.48. The third-order valence-electron chi connectivity index (χ3n) is 12.0. The summed E-state index contributed by atoms with van der Waals surface area (Å²) < 4.78 is 0. The predicted octanol–water partition coefficient (Wildman–Crippen LogP) is 14.3. The average Bonchev–Trinajstić information content (AvgIpc) is 3.65. The Bertz CT molecular complexity index is 3020. The van der Waals surface area contributed by atoms with Crippen molar-refractivity contribution in [2.24, 2.45) is 0 Å². The molecule has 1 aromatic heterocycles. The molecule has 0 saturated heterocycles. The van der Waals surface area contributed by atoms with Gasteiger partial charge in [0, 0.05) is 16.7 Å². The van der Waals surface area contributed by atoms with Crippen molar-refractivity contribution in [3.63, 3.8) is 0 Å². The van der Waals surface area contributed by atoms with E-state index in [1.165, 1.54) is 55.3 Å². The summed E-state index contributed by atoms with van der Waals surface area (Å²) in [5.74, 6) is 0.703. The molecule has 10 aromatic rings. The molecule has 1 aliphatic carbocycles. The Kier molecular flexibility index (Phi) is 8.41. The second kappa shape index (κ2) is 14.4. The van der Waals surface area contributed by atoms with Gasteiger partial charge < -0.3 is 0 Å². The van der Waals surface area contributed by atoms with Crippen LogP contribution in [0, 0.1) is 0 Å². The maximum absolute atomic E-state index is 5.11. The van der Waals surface area contributed by atoms with Crippen molar-refractivity contribution in [2.45, 2.75) is 5.41 Å². The van der Waals surface area contributed by atoms with Crippen LogP contribution < -0.4 is 0 Å². The summed E-state index contributed by atoms with van der Waals surface area (Å²) in [6.45, 7) is 0. The van der Waals surface area contributed by atoms with Gasteiger partial charge in [-0.2, -0.15) is 0 Å². The molecule has 2 heteroatoms. The fraction of sp³-hybridized carbons (Fsp3) is 0.0175. The molecule has 0 radical (unpaired) electrons. The van der Waals surface area contributed by atoms with Crippen LogP contribution in [0.5, 0.6) is 0 Å². The van der Waals surface area contributed by atoms with E-state index >= 15 is 0 Å². The number of aromatic nitrogens is 2. The van der Waals surface area contributed by atoms with Crippen molar-refractivity contribution in [3.8, 4) is 67.3 Å². The van der Waals surface area contributed by atoms with Crippen molar-refractivity contribution in [2.75, 3.05) is 0 Å². The standard InChI is InChI=1S/C57H38N2/c1-5-18-41(19-6-1)52-38-53(42-20-7-2-8-21-42)59-56(58-52)45-24-17-23-43(36-45)39-32-34-40(35-33-39)50-37-44-22-13-14-29-48(44)55-54(50)49-30-15-16-31-51(49)57(55,46-25-9-3-10-26-46)47-27-11-4-12-28-47/h1-38H. The largest absolute Gasteiger partial charge is 0.228 e. The quantitative estimate of drug-likeness (QED) is 0.162. The van der Waals surface area contributed by atoms with Crippen LogP contribution in [0.2, 0.25) is 0 Å². The first-order valence-electron chi connectivity index (χ1n) is 20.2. The van der Waals surface area contributed by atoms with Gasteiger partial charge in [-0.15, -0.1) is 0 Å². The number of rotatable bonds is 7. The summed E-state index contributed by atoms with van der Waals surface area (Å²) in [4.78, 5) is 10.2. The summed E-state index contributed by atoms with van der Waals surface area (Å²) in [5.41, 5.74) is 16.8. The van der Waals surface area contributed by atoms with Crippen LogP contribution in [0.1, 0.15) is 22.3 Å². The van der Waals surface area contributed by atoms with Crippen LogP contribution >= 0.6 is 0 Å². The molecule has 0 atom stereocenters. The first-order chi connectivity index (χ1) is 29.3. The smallest absolute Gasteiger partial charge is 0.160 e.